The smallest absolute Gasteiger partial charge is 0.342 e. The monoisotopic (exact) mass is 339 g/mol. The fourth-order valence-corrected chi connectivity index (χ4v) is 3.18. The van der Waals surface area contributed by atoms with E-state index in [0.29, 0.717) is 11.3 Å². The first-order chi connectivity index (χ1) is 12.0. The van der Waals surface area contributed by atoms with E-state index in [1.54, 1.807) is 36.1 Å². The molecule has 0 aliphatic carbocycles. The molecule has 0 saturated carbocycles. The van der Waals surface area contributed by atoms with E-state index in [1.165, 1.54) is 7.11 Å². The van der Waals surface area contributed by atoms with Gasteiger partial charge in [-0.1, -0.05) is 30.3 Å². The Balaban J connectivity index is 1.76. The summed E-state index contributed by atoms with van der Waals surface area (Å²) >= 11 is 0. The number of hydrogen-bond donors (Lipinski definition) is 0. The van der Waals surface area contributed by atoms with Gasteiger partial charge in [-0.05, 0) is 44.0 Å². The van der Waals surface area contributed by atoms with Crippen LogP contribution in [0.25, 0.3) is 0 Å². The number of methoxy groups -OCH3 is 1. The summed E-state index contributed by atoms with van der Waals surface area (Å²) in [6.07, 6.45) is -0.0826. The van der Waals surface area contributed by atoms with Crippen molar-refractivity contribution in [2.75, 3.05) is 12.0 Å². The first-order valence-electron chi connectivity index (χ1n) is 8.28. The van der Waals surface area contributed by atoms with Gasteiger partial charge < -0.3 is 14.4 Å². The normalized spacial score (nSPS) is 16.9. The molecule has 2 atom stereocenters. The third kappa shape index (κ3) is 3.22. The van der Waals surface area contributed by atoms with Gasteiger partial charge in [0, 0.05) is 11.7 Å². The van der Waals surface area contributed by atoms with Crippen LogP contribution in [-0.2, 0) is 16.0 Å². The lowest BCUT2D eigenvalue weighted by Gasteiger charge is -2.26. The predicted octanol–water partition coefficient (Wildman–Crippen LogP) is 3.22. The summed E-state index contributed by atoms with van der Waals surface area (Å²) in [4.78, 5) is 27.0. The number of ether oxygens (including phenoxy) is 2. The van der Waals surface area contributed by atoms with Crippen molar-refractivity contribution in [2.45, 2.75) is 32.4 Å². The van der Waals surface area contributed by atoms with Crippen LogP contribution in [0.2, 0.25) is 0 Å². The van der Waals surface area contributed by atoms with Gasteiger partial charge in [0.1, 0.15) is 11.3 Å². The number of carbonyl (C=O) groups excluding carboxylic acids is 2. The van der Waals surface area contributed by atoms with Gasteiger partial charge in [-0.15, -0.1) is 0 Å². The largest absolute Gasteiger partial charge is 0.496 e. The number of para-hydroxylation sites is 2. The molecule has 0 N–H and O–H groups in total. The molecule has 0 bridgehead atoms. The Kier molecular flexibility index (Phi) is 4.74. The van der Waals surface area contributed by atoms with Crippen molar-refractivity contribution in [3.8, 4) is 5.75 Å². The molecule has 5 nitrogen and oxygen atoms in total. The summed E-state index contributed by atoms with van der Waals surface area (Å²) in [5.74, 6) is -0.369. The summed E-state index contributed by atoms with van der Waals surface area (Å²) < 4.78 is 10.6. The number of carbonyl (C=O) groups is 2. The molecule has 5 heteroatoms. The number of rotatable bonds is 4. The lowest BCUT2D eigenvalue weighted by atomic mass is 10.1. The van der Waals surface area contributed by atoms with E-state index in [0.717, 1.165) is 17.7 Å². The zero-order valence-electron chi connectivity index (χ0n) is 14.6. The molecule has 0 aromatic heterocycles. The molecule has 0 saturated heterocycles. The highest BCUT2D eigenvalue weighted by Gasteiger charge is 2.34. The summed E-state index contributed by atoms with van der Waals surface area (Å²) in [6.45, 7) is 3.59. The van der Waals surface area contributed by atoms with Gasteiger partial charge >= 0.3 is 5.97 Å². The number of esters is 1. The molecule has 130 valence electrons. The molecule has 0 fully saturated rings. The Morgan fingerprint density at radius 3 is 2.56 bits per heavy atom. The van der Waals surface area contributed by atoms with Crippen LogP contribution in [0.4, 0.5) is 5.69 Å². The van der Waals surface area contributed by atoms with Crippen molar-refractivity contribution in [3.63, 3.8) is 0 Å². The highest BCUT2D eigenvalue weighted by molar-refractivity contribution is 6.01. The van der Waals surface area contributed by atoms with E-state index in [9.17, 15) is 9.59 Å². The molecule has 0 spiro atoms. The maximum Gasteiger partial charge on any atom is 0.342 e. The SMILES string of the molecule is COc1ccccc1C(=O)O[C@@H](C)C(=O)N1c2ccccc2C[C@@H]1C. The van der Waals surface area contributed by atoms with Crippen LogP contribution in [0.1, 0.15) is 29.8 Å². The lowest BCUT2D eigenvalue weighted by Crippen LogP contribution is -2.43. The minimum atomic E-state index is -0.883. The van der Waals surface area contributed by atoms with E-state index in [4.69, 9.17) is 9.47 Å². The molecule has 1 amide bonds. The Hall–Kier alpha value is -2.82. The molecule has 2 aromatic carbocycles. The summed E-state index contributed by atoms with van der Waals surface area (Å²) in [5, 5.41) is 0. The van der Waals surface area contributed by atoms with E-state index in [-0.39, 0.29) is 11.9 Å². The zero-order chi connectivity index (χ0) is 18.0. The zero-order valence-corrected chi connectivity index (χ0v) is 14.6. The Bertz CT molecular complexity index is 802. The van der Waals surface area contributed by atoms with Crippen LogP contribution in [-0.4, -0.2) is 31.1 Å². The minimum Gasteiger partial charge on any atom is -0.496 e. The number of benzene rings is 2. The molecule has 1 aliphatic rings. The standard InChI is InChI=1S/C20H21NO4/c1-13-12-15-8-4-6-10-17(15)21(13)19(22)14(2)25-20(23)16-9-5-7-11-18(16)24-3/h4-11,13-14H,12H2,1-3H3/t13-,14-/m0/s1. The average molecular weight is 339 g/mol. The van der Waals surface area contributed by atoms with Crippen molar-refractivity contribution in [1.29, 1.82) is 0 Å². The van der Waals surface area contributed by atoms with Crippen LogP contribution in [0, 0.1) is 0 Å². The second-order valence-electron chi connectivity index (χ2n) is 6.14. The summed E-state index contributed by atoms with van der Waals surface area (Å²) in [7, 11) is 1.49. The molecule has 25 heavy (non-hydrogen) atoms. The Morgan fingerprint density at radius 2 is 1.80 bits per heavy atom. The molecule has 2 aromatic rings. The van der Waals surface area contributed by atoms with Crippen molar-refractivity contribution < 1.29 is 19.1 Å². The van der Waals surface area contributed by atoms with Crippen molar-refractivity contribution in [3.05, 3.63) is 59.7 Å². The lowest BCUT2D eigenvalue weighted by molar-refractivity contribution is -0.126. The highest BCUT2D eigenvalue weighted by atomic mass is 16.5. The van der Waals surface area contributed by atoms with Gasteiger partial charge in [-0.3, -0.25) is 4.79 Å². The molecular formula is C20H21NO4. The third-order valence-electron chi connectivity index (χ3n) is 4.40. The molecule has 0 radical (unpaired) electrons. The van der Waals surface area contributed by atoms with E-state index in [1.807, 2.05) is 31.2 Å². The summed E-state index contributed by atoms with van der Waals surface area (Å²) in [5.41, 5.74) is 2.33. The van der Waals surface area contributed by atoms with Gasteiger partial charge in [0.15, 0.2) is 6.10 Å². The predicted molar refractivity (Wildman–Crippen MR) is 95.0 cm³/mol. The molecular weight excluding hydrogens is 318 g/mol. The van der Waals surface area contributed by atoms with Gasteiger partial charge in [0.2, 0.25) is 0 Å². The highest BCUT2D eigenvalue weighted by Crippen LogP contribution is 2.32. The van der Waals surface area contributed by atoms with Crippen molar-refractivity contribution in [2.24, 2.45) is 0 Å². The van der Waals surface area contributed by atoms with Crippen LogP contribution in [0.5, 0.6) is 5.75 Å². The van der Waals surface area contributed by atoms with Crippen LogP contribution >= 0.6 is 0 Å². The molecule has 0 unspecified atom stereocenters. The topological polar surface area (TPSA) is 55.8 Å². The van der Waals surface area contributed by atoms with Crippen LogP contribution in [0.15, 0.2) is 48.5 Å². The van der Waals surface area contributed by atoms with Gasteiger partial charge in [-0.25, -0.2) is 4.79 Å². The summed E-state index contributed by atoms with van der Waals surface area (Å²) in [6, 6.07) is 14.6. The van der Waals surface area contributed by atoms with Crippen LogP contribution < -0.4 is 9.64 Å². The quantitative estimate of drug-likeness (QED) is 0.803. The second-order valence-corrected chi connectivity index (χ2v) is 6.14. The molecule has 3 rings (SSSR count). The molecule has 1 aliphatic heterocycles. The second kappa shape index (κ2) is 6.97. The fraction of sp³-hybridized carbons (Fsp3) is 0.300. The van der Waals surface area contributed by atoms with Gasteiger partial charge in [0.05, 0.1) is 7.11 Å². The van der Waals surface area contributed by atoms with Crippen molar-refractivity contribution in [1.82, 2.24) is 0 Å². The Morgan fingerprint density at radius 1 is 1.12 bits per heavy atom. The van der Waals surface area contributed by atoms with Crippen molar-refractivity contribution >= 4 is 17.6 Å². The number of hydrogen-bond acceptors (Lipinski definition) is 4. The van der Waals surface area contributed by atoms with Gasteiger partial charge in [0.25, 0.3) is 5.91 Å². The van der Waals surface area contributed by atoms with E-state index < -0.39 is 12.1 Å². The first kappa shape index (κ1) is 17.0. The number of nitrogens with zero attached hydrogens (tertiary/aromatic N) is 1. The first-order valence-corrected chi connectivity index (χ1v) is 8.28. The maximum atomic E-state index is 12.9. The van der Waals surface area contributed by atoms with Gasteiger partial charge in [-0.2, -0.15) is 0 Å². The Labute approximate surface area is 147 Å². The average Bonchev–Trinajstić information content (AvgIpc) is 2.96. The van der Waals surface area contributed by atoms with E-state index >= 15 is 0 Å². The number of amides is 1. The third-order valence-corrected chi connectivity index (χ3v) is 4.40. The minimum absolute atomic E-state index is 0.0392. The maximum absolute atomic E-state index is 12.9. The molecule has 1 heterocycles. The fourth-order valence-electron chi connectivity index (χ4n) is 3.18. The van der Waals surface area contributed by atoms with Crippen LogP contribution in [0.3, 0.4) is 0 Å². The van der Waals surface area contributed by atoms with E-state index in [2.05, 4.69) is 0 Å². The number of anilines is 1. The number of fused-ring (bicyclic) bond motifs is 1.